The second-order valence-corrected chi connectivity index (χ2v) is 6.10. The van der Waals surface area contributed by atoms with Gasteiger partial charge in [-0.3, -0.25) is 9.59 Å². The minimum atomic E-state index is -0.652. The quantitative estimate of drug-likeness (QED) is 0.259. The topological polar surface area (TPSA) is 159 Å². The maximum atomic E-state index is 12.2. The predicted molar refractivity (Wildman–Crippen MR) is 99.5 cm³/mol. The molecule has 9 nitrogen and oxygen atoms in total. The smallest absolute Gasteiger partial charge is 0.255 e. The number of benzene rings is 2. The lowest BCUT2D eigenvalue weighted by atomic mass is 10.1. The largest absolute Gasteiger partial charge is 0.504 e. The summed E-state index contributed by atoms with van der Waals surface area (Å²) in [4.78, 5) is 24.2. The molecule has 0 aliphatic carbocycles. The van der Waals surface area contributed by atoms with Crippen molar-refractivity contribution in [2.24, 2.45) is 0 Å². The van der Waals surface area contributed by atoms with Crippen molar-refractivity contribution in [3.63, 3.8) is 0 Å². The van der Waals surface area contributed by atoms with Gasteiger partial charge in [0, 0.05) is 6.54 Å². The summed E-state index contributed by atoms with van der Waals surface area (Å²) in [5.41, 5.74) is -0.183. The number of amides is 2. The fraction of sp³-hybridized carbons (Fsp3) is 0.263. The zero-order valence-electron chi connectivity index (χ0n) is 14.9. The summed E-state index contributed by atoms with van der Waals surface area (Å²) in [5.74, 6) is -3.10. The van der Waals surface area contributed by atoms with Crippen molar-refractivity contribution >= 4 is 11.8 Å². The van der Waals surface area contributed by atoms with Crippen LogP contribution in [-0.4, -0.2) is 56.5 Å². The van der Waals surface area contributed by atoms with Crippen LogP contribution in [0, 0.1) is 0 Å². The molecule has 0 spiro atoms. The maximum absolute atomic E-state index is 12.2. The molecule has 2 aromatic rings. The van der Waals surface area contributed by atoms with Gasteiger partial charge in [0.2, 0.25) is 0 Å². The Balaban J connectivity index is 1.84. The number of hydrogen-bond donors (Lipinski definition) is 7. The molecule has 0 aliphatic heterocycles. The SMILES string of the molecule is O=C(NCCC[C@H](CO)NC(=O)c1cccc(O)c1O)c1cccc(O)c1O. The molecule has 7 N–H and O–H groups in total. The van der Waals surface area contributed by atoms with Crippen LogP contribution >= 0.6 is 0 Å². The van der Waals surface area contributed by atoms with E-state index in [1.165, 1.54) is 36.4 Å². The van der Waals surface area contributed by atoms with E-state index < -0.39 is 40.9 Å². The molecular weight excluding hydrogens is 368 g/mol. The number of aromatic hydroxyl groups is 4. The van der Waals surface area contributed by atoms with Crippen molar-refractivity contribution in [2.75, 3.05) is 13.2 Å². The first-order chi connectivity index (χ1) is 13.3. The van der Waals surface area contributed by atoms with E-state index in [1.807, 2.05) is 0 Å². The molecule has 0 bridgehead atoms. The first-order valence-corrected chi connectivity index (χ1v) is 8.57. The average Bonchev–Trinajstić information content (AvgIpc) is 2.68. The highest BCUT2D eigenvalue weighted by molar-refractivity contribution is 5.98. The molecule has 0 radical (unpaired) electrons. The molecule has 0 saturated heterocycles. The lowest BCUT2D eigenvalue weighted by Crippen LogP contribution is -2.38. The van der Waals surface area contributed by atoms with E-state index in [1.54, 1.807) is 0 Å². The van der Waals surface area contributed by atoms with Crippen molar-refractivity contribution in [2.45, 2.75) is 18.9 Å². The third-order valence-corrected chi connectivity index (χ3v) is 4.09. The number of hydrogen-bond acceptors (Lipinski definition) is 7. The van der Waals surface area contributed by atoms with Gasteiger partial charge in [-0.15, -0.1) is 0 Å². The Morgan fingerprint density at radius 3 is 1.93 bits per heavy atom. The summed E-state index contributed by atoms with van der Waals surface area (Å²) in [7, 11) is 0. The van der Waals surface area contributed by atoms with E-state index in [0.717, 1.165) is 0 Å². The zero-order valence-corrected chi connectivity index (χ0v) is 14.9. The monoisotopic (exact) mass is 390 g/mol. The van der Waals surface area contributed by atoms with Gasteiger partial charge in [0.15, 0.2) is 23.0 Å². The van der Waals surface area contributed by atoms with Crippen molar-refractivity contribution in [3.05, 3.63) is 47.5 Å². The van der Waals surface area contributed by atoms with Crippen LogP contribution in [0.3, 0.4) is 0 Å². The van der Waals surface area contributed by atoms with Crippen LogP contribution in [-0.2, 0) is 0 Å². The zero-order chi connectivity index (χ0) is 20.7. The van der Waals surface area contributed by atoms with E-state index in [4.69, 9.17) is 0 Å². The first-order valence-electron chi connectivity index (χ1n) is 8.57. The van der Waals surface area contributed by atoms with Crippen LogP contribution < -0.4 is 10.6 Å². The molecule has 9 heteroatoms. The van der Waals surface area contributed by atoms with Crippen LogP contribution in [0.2, 0.25) is 0 Å². The van der Waals surface area contributed by atoms with Gasteiger partial charge >= 0.3 is 0 Å². The molecule has 2 aromatic carbocycles. The molecule has 150 valence electrons. The van der Waals surface area contributed by atoms with Crippen molar-refractivity contribution < 1.29 is 35.1 Å². The van der Waals surface area contributed by atoms with Gasteiger partial charge in [-0.05, 0) is 37.1 Å². The highest BCUT2D eigenvalue weighted by Crippen LogP contribution is 2.28. The molecule has 0 heterocycles. The third-order valence-electron chi connectivity index (χ3n) is 4.09. The molecule has 0 fully saturated rings. The van der Waals surface area contributed by atoms with Crippen molar-refractivity contribution in [1.29, 1.82) is 0 Å². The van der Waals surface area contributed by atoms with Crippen LogP contribution in [0.4, 0.5) is 0 Å². The first kappa shape index (κ1) is 20.8. The van der Waals surface area contributed by atoms with Gasteiger partial charge in [0.1, 0.15) is 0 Å². The Kier molecular flexibility index (Phi) is 7.05. The predicted octanol–water partition coefficient (Wildman–Crippen LogP) is 0.810. The number of carbonyl (C=O) groups is 2. The molecule has 0 aromatic heterocycles. The number of phenols is 4. The van der Waals surface area contributed by atoms with E-state index >= 15 is 0 Å². The number of aliphatic hydroxyl groups excluding tert-OH is 1. The van der Waals surface area contributed by atoms with Crippen LogP contribution in [0.25, 0.3) is 0 Å². The molecule has 1 atom stereocenters. The Hall–Kier alpha value is -3.46. The van der Waals surface area contributed by atoms with Gasteiger partial charge in [-0.1, -0.05) is 12.1 Å². The Labute approximate surface area is 160 Å². The second kappa shape index (κ2) is 9.47. The highest BCUT2D eigenvalue weighted by Gasteiger charge is 2.18. The number of rotatable bonds is 8. The molecule has 0 aliphatic rings. The highest BCUT2D eigenvalue weighted by atomic mass is 16.3. The normalized spacial score (nSPS) is 11.6. The fourth-order valence-electron chi connectivity index (χ4n) is 2.55. The summed E-state index contributed by atoms with van der Waals surface area (Å²) in [6.45, 7) is -0.149. The maximum Gasteiger partial charge on any atom is 0.255 e. The standard InChI is InChI=1S/C19H22N2O7/c22-10-11(21-19(28)13-6-2-8-15(24)17(13)26)4-3-9-20-18(27)12-5-1-7-14(23)16(12)25/h1-2,5-8,11,22-26H,3-4,9-10H2,(H,20,27)(H,21,28)/t11-/m1/s1. The number of phenolic OH excluding ortho intramolecular Hbond substituents is 4. The molecule has 2 rings (SSSR count). The number of carbonyl (C=O) groups excluding carboxylic acids is 2. The Morgan fingerprint density at radius 1 is 0.857 bits per heavy atom. The third kappa shape index (κ3) is 5.04. The lowest BCUT2D eigenvalue weighted by molar-refractivity contribution is 0.0902. The van der Waals surface area contributed by atoms with Crippen LogP contribution in [0.15, 0.2) is 36.4 Å². The number of aliphatic hydroxyl groups is 1. The number of nitrogens with one attached hydrogen (secondary N) is 2. The van der Waals surface area contributed by atoms with E-state index in [-0.39, 0.29) is 24.3 Å². The molecule has 2 amide bonds. The fourth-order valence-corrected chi connectivity index (χ4v) is 2.55. The number of para-hydroxylation sites is 2. The van der Waals surface area contributed by atoms with E-state index in [9.17, 15) is 35.1 Å². The van der Waals surface area contributed by atoms with E-state index in [0.29, 0.717) is 12.8 Å². The minimum Gasteiger partial charge on any atom is -0.504 e. The molecule has 28 heavy (non-hydrogen) atoms. The Bertz CT molecular complexity index is 854. The molecular formula is C19H22N2O7. The summed E-state index contributed by atoms with van der Waals surface area (Å²) in [6, 6.07) is 7.40. The van der Waals surface area contributed by atoms with E-state index in [2.05, 4.69) is 10.6 Å². The van der Waals surface area contributed by atoms with Gasteiger partial charge < -0.3 is 36.2 Å². The second-order valence-electron chi connectivity index (χ2n) is 6.10. The summed E-state index contributed by atoms with van der Waals surface area (Å²) >= 11 is 0. The van der Waals surface area contributed by atoms with Gasteiger partial charge in [-0.2, -0.15) is 0 Å². The van der Waals surface area contributed by atoms with Gasteiger partial charge in [-0.25, -0.2) is 0 Å². The van der Waals surface area contributed by atoms with Crippen molar-refractivity contribution in [3.8, 4) is 23.0 Å². The van der Waals surface area contributed by atoms with Crippen molar-refractivity contribution in [1.82, 2.24) is 10.6 Å². The summed E-state index contributed by atoms with van der Waals surface area (Å²) in [5, 5.41) is 52.8. The van der Waals surface area contributed by atoms with Gasteiger partial charge in [0.05, 0.1) is 23.8 Å². The molecule has 0 unspecified atom stereocenters. The van der Waals surface area contributed by atoms with Gasteiger partial charge in [0.25, 0.3) is 11.8 Å². The van der Waals surface area contributed by atoms with Crippen LogP contribution in [0.5, 0.6) is 23.0 Å². The minimum absolute atomic E-state index is 0.0635. The van der Waals surface area contributed by atoms with Crippen LogP contribution in [0.1, 0.15) is 33.6 Å². The average molecular weight is 390 g/mol. The molecule has 0 saturated carbocycles. The summed E-state index contributed by atoms with van der Waals surface area (Å²) < 4.78 is 0. The Morgan fingerprint density at radius 2 is 1.39 bits per heavy atom. The lowest BCUT2D eigenvalue weighted by Gasteiger charge is -2.17. The summed E-state index contributed by atoms with van der Waals surface area (Å²) in [6.07, 6.45) is 0.733.